The zero-order valence-electron chi connectivity index (χ0n) is 28.7. The molecule has 0 aromatic heterocycles. The standard InChI is InChI=1S/C30H53N3O19/c1-12(37)32-18-14(39)8-30(29(45)46,52-26(18)20(41)15(40)9-34)51-25-17(11-36)49-28(23(44)22(25)43)50-24-16(10-35)48-27(47-7-5-3-4-6-31)19(21(24)42)33-13(2)38/h14-28,34-36,39-44H,3-11,31H2,1-2H3,(H,32,37)(H,33,38)(H,45,46)/t14-,15+,16+,17+,18+,19+,20+,21+,22+,23+,24-,25-,26+,27-,28-,30-/m0/s1. The lowest BCUT2D eigenvalue weighted by atomic mass is 9.88. The Morgan fingerprint density at radius 2 is 1.44 bits per heavy atom. The summed E-state index contributed by atoms with van der Waals surface area (Å²) in [5, 5.41) is 110. The molecule has 52 heavy (non-hydrogen) atoms. The number of nitrogens with one attached hydrogen (secondary N) is 2. The van der Waals surface area contributed by atoms with Crippen molar-refractivity contribution in [1.29, 1.82) is 0 Å². The third-order valence-electron chi connectivity index (χ3n) is 8.98. The maximum Gasteiger partial charge on any atom is 0.364 e. The van der Waals surface area contributed by atoms with E-state index in [1.807, 2.05) is 0 Å². The number of aliphatic hydroxyl groups is 9. The number of aliphatic carboxylic acids is 1. The monoisotopic (exact) mass is 759 g/mol. The van der Waals surface area contributed by atoms with Crippen molar-refractivity contribution in [2.75, 3.05) is 33.0 Å². The zero-order valence-corrected chi connectivity index (χ0v) is 28.7. The largest absolute Gasteiger partial charge is 0.477 e. The Kier molecular flexibility index (Phi) is 16.9. The van der Waals surface area contributed by atoms with Gasteiger partial charge in [-0.25, -0.2) is 4.79 Å². The summed E-state index contributed by atoms with van der Waals surface area (Å²) in [5.41, 5.74) is 5.51. The van der Waals surface area contributed by atoms with Crippen molar-refractivity contribution < 1.29 is 93.9 Å². The number of unbranched alkanes of at least 4 members (excludes halogenated alkanes) is 2. The normalized spacial score (nSPS) is 39.3. The van der Waals surface area contributed by atoms with E-state index in [2.05, 4.69) is 10.6 Å². The van der Waals surface area contributed by atoms with Crippen LogP contribution >= 0.6 is 0 Å². The molecule has 0 bridgehead atoms. The van der Waals surface area contributed by atoms with E-state index < -0.39 is 142 Å². The Balaban J connectivity index is 1.84. The Morgan fingerprint density at radius 3 is 2.00 bits per heavy atom. The van der Waals surface area contributed by atoms with Crippen molar-refractivity contribution in [3.8, 4) is 0 Å². The predicted octanol–water partition coefficient (Wildman–Crippen LogP) is -6.93. The van der Waals surface area contributed by atoms with Crippen molar-refractivity contribution in [1.82, 2.24) is 10.6 Å². The SMILES string of the molecule is CC(=O)N[C@H]1[C@@H](OCCCCCN)O[C@H](CO)[C@H](O[C@@H]2O[C@H](CO)[C@H](O[C@@]3(C(=O)O)C[C@H](O)[C@@H](NC(C)=O)[C@H]([C@H](O)[C@H](O)CO)O3)[C@H](O)[C@H]2O)[C@@H]1O. The average Bonchev–Trinajstić information content (AvgIpc) is 3.09. The van der Waals surface area contributed by atoms with Crippen molar-refractivity contribution in [3.05, 3.63) is 0 Å². The molecule has 0 aromatic rings. The molecule has 14 N–H and O–H groups in total. The van der Waals surface area contributed by atoms with Crippen LogP contribution in [0, 0.1) is 0 Å². The number of hydrogen-bond acceptors (Lipinski definition) is 19. The number of nitrogens with two attached hydrogens (primary N) is 1. The van der Waals surface area contributed by atoms with Gasteiger partial charge in [-0.3, -0.25) is 9.59 Å². The van der Waals surface area contributed by atoms with Crippen molar-refractivity contribution >= 4 is 17.8 Å². The second kappa shape index (κ2) is 19.9. The van der Waals surface area contributed by atoms with Gasteiger partial charge in [0.2, 0.25) is 11.8 Å². The average molecular weight is 760 g/mol. The summed E-state index contributed by atoms with van der Waals surface area (Å²) in [6, 6.07) is -2.78. The molecule has 0 aromatic carbocycles. The fourth-order valence-corrected chi connectivity index (χ4v) is 6.32. The molecule has 3 aliphatic heterocycles. The van der Waals surface area contributed by atoms with Gasteiger partial charge in [-0.05, 0) is 25.8 Å². The summed E-state index contributed by atoms with van der Waals surface area (Å²) in [7, 11) is 0. The summed E-state index contributed by atoms with van der Waals surface area (Å²) in [6.07, 6.45) is -22.4. The molecule has 0 saturated carbocycles. The summed E-state index contributed by atoms with van der Waals surface area (Å²) in [5.74, 6) is -6.24. The number of ether oxygens (including phenoxy) is 6. The van der Waals surface area contributed by atoms with Gasteiger partial charge in [-0.15, -0.1) is 0 Å². The molecule has 0 aliphatic carbocycles. The second-order valence-electron chi connectivity index (χ2n) is 12.9. The zero-order chi connectivity index (χ0) is 38.9. The molecule has 0 unspecified atom stereocenters. The molecule has 3 fully saturated rings. The van der Waals surface area contributed by atoms with Gasteiger partial charge in [0.15, 0.2) is 12.6 Å². The van der Waals surface area contributed by atoms with Crippen LogP contribution in [0.3, 0.4) is 0 Å². The number of carboxylic acid groups (broad SMARTS) is 1. The lowest BCUT2D eigenvalue weighted by Crippen LogP contribution is -2.71. The van der Waals surface area contributed by atoms with Crippen LogP contribution in [-0.2, 0) is 42.8 Å². The van der Waals surface area contributed by atoms with Gasteiger partial charge >= 0.3 is 5.97 Å². The van der Waals surface area contributed by atoms with Crippen LogP contribution in [0.15, 0.2) is 0 Å². The van der Waals surface area contributed by atoms with Gasteiger partial charge in [0.05, 0.1) is 32.0 Å². The minimum Gasteiger partial charge on any atom is -0.477 e. The Bertz CT molecular complexity index is 1160. The number of hydrogen-bond donors (Lipinski definition) is 13. The molecule has 0 radical (unpaired) electrons. The van der Waals surface area contributed by atoms with Crippen LogP contribution in [0.4, 0.5) is 0 Å². The van der Waals surface area contributed by atoms with E-state index in [4.69, 9.17) is 34.2 Å². The van der Waals surface area contributed by atoms with Crippen molar-refractivity contribution in [2.24, 2.45) is 5.73 Å². The predicted molar refractivity (Wildman–Crippen MR) is 168 cm³/mol. The van der Waals surface area contributed by atoms with Crippen LogP contribution in [0.5, 0.6) is 0 Å². The van der Waals surface area contributed by atoms with Gasteiger partial charge in [0.25, 0.3) is 5.79 Å². The van der Waals surface area contributed by atoms with Gasteiger partial charge in [0.1, 0.15) is 67.1 Å². The first kappa shape index (κ1) is 44.2. The third-order valence-corrected chi connectivity index (χ3v) is 8.98. The third kappa shape index (κ3) is 10.5. The van der Waals surface area contributed by atoms with E-state index in [1.54, 1.807) is 0 Å². The van der Waals surface area contributed by atoms with E-state index in [-0.39, 0.29) is 6.61 Å². The van der Waals surface area contributed by atoms with Crippen LogP contribution in [0.2, 0.25) is 0 Å². The molecule has 3 rings (SSSR count). The van der Waals surface area contributed by atoms with Gasteiger partial charge in [-0.1, -0.05) is 0 Å². The number of aliphatic hydroxyl groups excluding tert-OH is 9. The number of carboxylic acids is 1. The summed E-state index contributed by atoms with van der Waals surface area (Å²) in [6.45, 7) is 0.0405. The fraction of sp³-hybridized carbons (Fsp3) is 0.900. The quantitative estimate of drug-likeness (QED) is 0.0577. The maximum atomic E-state index is 12.7. The van der Waals surface area contributed by atoms with Crippen LogP contribution in [-0.4, -0.2) is 199 Å². The van der Waals surface area contributed by atoms with E-state index in [0.717, 1.165) is 19.8 Å². The van der Waals surface area contributed by atoms with E-state index >= 15 is 0 Å². The highest BCUT2D eigenvalue weighted by Gasteiger charge is 2.60. The topological polar surface area (TPSA) is 359 Å². The molecule has 22 heteroatoms. The number of rotatable bonds is 18. The van der Waals surface area contributed by atoms with Crippen LogP contribution in [0.25, 0.3) is 0 Å². The Hall–Kier alpha value is -2.23. The van der Waals surface area contributed by atoms with E-state index in [0.29, 0.717) is 13.0 Å². The fourth-order valence-electron chi connectivity index (χ4n) is 6.32. The summed E-state index contributed by atoms with van der Waals surface area (Å²) in [4.78, 5) is 36.5. The highest BCUT2D eigenvalue weighted by atomic mass is 16.8. The number of amides is 2. The molecule has 302 valence electrons. The van der Waals surface area contributed by atoms with Crippen LogP contribution in [0.1, 0.15) is 39.5 Å². The lowest BCUT2D eigenvalue weighted by molar-refractivity contribution is -0.381. The van der Waals surface area contributed by atoms with Crippen molar-refractivity contribution in [2.45, 2.75) is 137 Å². The minimum absolute atomic E-state index is 0.154. The molecular weight excluding hydrogens is 706 g/mol. The molecule has 3 aliphatic rings. The molecule has 2 amide bonds. The number of carbonyl (C=O) groups excluding carboxylic acids is 2. The Labute approximate surface area is 298 Å². The Morgan fingerprint density at radius 1 is 0.846 bits per heavy atom. The molecular formula is C30H53N3O19. The first-order valence-corrected chi connectivity index (χ1v) is 16.9. The first-order valence-electron chi connectivity index (χ1n) is 16.9. The lowest BCUT2D eigenvalue weighted by Gasteiger charge is -2.50. The van der Waals surface area contributed by atoms with E-state index in [1.165, 1.54) is 6.92 Å². The van der Waals surface area contributed by atoms with E-state index in [9.17, 15) is 65.4 Å². The first-order chi connectivity index (χ1) is 24.5. The molecule has 3 saturated heterocycles. The molecule has 16 atom stereocenters. The summed E-state index contributed by atoms with van der Waals surface area (Å²) >= 11 is 0. The maximum absolute atomic E-state index is 12.7. The second-order valence-corrected chi connectivity index (χ2v) is 12.9. The minimum atomic E-state index is -2.98. The molecule has 22 nitrogen and oxygen atoms in total. The van der Waals surface area contributed by atoms with Crippen molar-refractivity contribution in [3.63, 3.8) is 0 Å². The molecule has 0 spiro atoms. The number of carbonyl (C=O) groups is 3. The smallest absolute Gasteiger partial charge is 0.364 e. The highest BCUT2D eigenvalue weighted by molar-refractivity contribution is 5.76. The molecule has 3 heterocycles. The van der Waals surface area contributed by atoms with Gasteiger partial charge in [-0.2, -0.15) is 0 Å². The highest BCUT2D eigenvalue weighted by Crippen LogP contribution is 2.38. The van der Waals surface area contributed by atoms with Gasteiger partial charge < -0.3 is 95.9 Å². The van der Waals surface area contributed by atoms with Gasteiger partial charge in [0, 0.05) is 26.9 Å². The summed E-state index contributed by atoms with van der Waals surface area (Å²) < 4.78 is 34.2. The van der Waals surface area contributed by atoms with Crippen LogP contribution < -0.4 is 16.4 Å².